The second-order valence-corrected chi connectivity index (χ2v) is 24.6. The first kappa shape index (κ1) is 72.4. The number of hydrogen-bond acceptors (Lipinski definition) is 37. The van der Waals surface area contributed by atoms with Crippen molar-refractivity contribution in [2.24, 2.45) is 5.11 Å². The van der Waals surface area contributed by atoms with Crippen LogP contribution in [0.2, 0.25) is 0 Å². The van der Waals surface area contributed by atoms with Crippen molar-refractivity contribution in [3.8, 4) is 0 Å². The lowest BCUT2D eigenvalue weighted by Gasteiger charge is -2.50. The summed E-state index contributed by atoms with van der Waals surface area (Å²) in [5.41, 5.74) is 11.0. The topological polar surface area (TPSA) is 606 Å². The maximum absolute atomic E-state index is 14.6. The van der Waals surface area contributed by atoms with Gasteiger partial charge in [-0.1, -0.05) is 22.8 Å². The van der Waals surface area contributed by atoms with Gasteiger partial charge in [-0.25, -0.2) is 0 Å². The quantitative estimate of drug-likeness (QED) is 0.0423. The predicted octanol–water partition coefficient (Wildman–Crippen LogP) is -11.6. The van der Waals surface area contributed by atoms with Crippen molar-refractivity contribution >= 4 is 10.1 Å². The van der Waals surface area contributed by atoms with E-state index in [0.717, 1.165) is 0 Å². The Morgan fingerprint density at radius 3 is 0.835 bits per heavy atom. The average Bonchev–Trinajstić information content (AvgIpc) is 0.977. The van der Waals surface area contributed by atoms with Crippen LogP contribution in [0.25, 0.3) is 10.4 Å². The van der Waals surface area contributed by atoms with E-state index >= 15 is 0 Å². The van der Waals surface area contributed by atoms with Crippen LogP contribution in [0, 0.1) is 20.8 Å². The van der Waals surface area contributed by atoms with Crippen molar-refractivity contribution in [1.29, 1.82) is 0 Å². The van der Waals surface area contributed by atoms with Gasteiger partial charge in [-0.05, 0) is 37.4 Å². The molecule has 15 aliphatic heterocycles. The van der Waals surface area contributed by atoms with Gasteiger partial charge in [0.25, 0.3) is 10.1 Å². The Hall–Kier alpha value is -2.88. The van der Waals surface area contributed by atoms with E-state index in [0.29, 0.717) is 5.56 Å². The Morgan fingerprint density at radius 1 is 0.374 bits per heavy atom. The summed E-state index contributed by atoms with van der Waals surface area (Å²) in [5.74, 6) is 0. The molecule has 15 heterocycles. The molecule has 91 heavy (non-hydrogen) atoms. The monoisotopic (exact) mass is 1340 g/mol. The fraction of sp³-hybridized carbons (Fsp3) is 0.882. The number of aliphatic hydroxyl groups is 19. The molecule has 0 unspecified atom stereocenters. The summed E-state index contributed by atoms with van der Waals surface area (Å²) >= 11 is 0. The molecule has 0 spiro atoms. The Labute approximate surface area is 516 Å². The van der Waals surface area contributed by atoms with Crippen molar-refractivity contribution in [2.45, 2.75) is 241 Å². The molecule has 14 bridgehead atoms. The lowest BCUT2D eigenvalue weighted by Crippen LogP contribution is -2.68. The van der Waals surface area contributed by atoms with E-state index in [2.05, 4.69) is 10.0 Å². The van der Waals surface area contributed by atoms with E-state index in [4.69, 9.17) is 70.5 Å². The smallest absolute Gasteiger partial charge is 0.297 e. The third kappa shape index (κ3) is 14.4. The minimum Gasteiger partial charge on any atom is -0.394 e. The van der Waals surface area contributed by atoms with Gasteiger partial charge in [0.05, 0.1) is 57.2 Å². The van der Waals surface area contributed by atoms with E-state index in [1.807, 2.05) is 0 Å². The van der Waals surface area contributed by atoms with Crippen LogP contribution in [-0.2, 0) is 80.6 Å². The largest absolute Gasteiger partial charge is 0.394 e. The lowest BCUT2D eigenvalue weighted by molar-refractivity contribution is -0.396. The molecule has 39 nitrogen and oxygen atoms in total. The molecule has 15 saturated heterocycles. The van der Waals surface area contributed by atoms with Gasteiger partial charge >= 0.3 is 0 Å². The zero-order valence-corrected chi connectivity index (χ0v) is 49.3. The highest BCUT2D eigenvalue weighted by Gasteiger charge is 2.60. The molecule has 19 N–H and O–H groups in total. The van der Waals surface area contributed by atoms with Gasteiger partial charge in [0, 0.05) is 4.91 Å². The molecule has 520 valence electrons. The van der Waals surface area contributed by atoms with Gasteiger partial charge in [0.1, 0.15) is 165 Å². The molecule has 16 rings (SSSR count). The molecule has 0 saturated carbocycles. The summed E-state index contributed by atoms with van der Waals surface area (Å²) in [5, 5.41) is 216. The van der Waals surface area contributed by atoms with Crippen LogP contribution in [0.4, 0.5) is 0 Å². The van der Waals surface area contributed by atoms with Crippen molar-refractivity contribution in [1.82, 2.24) is 0 Å². The second kappa shape index (κ2) is 30.3. The number of nitrogens with zero attached hydrogens (tertiary/aromatic N) is 3. The molecule has 40 heteroatoms. The lowest BCUT2D eigenvalue weighted by atomic mass is 9.94. The molecule has 0 aromatic heterocycles. The number of rotatable bonds is 11. The maximum atomic E-state index is 14.6. The summed E-state index contributed by atoms with van der Waals surface area (Å²) in [6, 6.07) is 0.830. The first-order valence-corrected chi connectivity index (χ1v) is 30.3. The van der Waals surface area contributed by atoms with Crippen LogP contribution < -0.4 is 0 Å². The van der Waals surface area contributed by atoms with Gasteiger partial charge in [-0.2, -0.15) is 8.42 Å². The average molecular weight is 1340 g/mol. The van der Waals surface area contributed by atoms with E-state index in [1.54, 1.807) is 6.92 Å². The van der Waals surface area contributed by atoms with Gasteiger partial charge in [-0.3, -0.25) is 4.18 Å². The number of aryl methyl sites for hydroxylation is 3. The van der Waals surface area contributed by atoms with Crippen molar-refractivity contribution in [3.63, 3.8) is 0 Å². The summed E-state index contributed by atoms with van der Waals surface area (Å²) in [6.07, 6.45) is -71.4. The highest BCUT2D eigenvalue weighted by Crippen LogP contribution is 2.41. The number of hydrogen-bond donors (Lipinski definition) is 19. The first-order chi connectivity index (χ1) is 43.2. The minimum absolute atomic E-state index is 0.137. The Bertz CT molecular complexity index is 2680. The predicted molar refractivity (Wildman–Crippen MR) is 282 cm³/mol. The molecule has 0 radical (unpaired) electrons. The standard InChI is InChI=1S/C51H79N3O36S/c1-13-4-14(2)44(15(3)5-13)91(74,75)90-43-23(53-54-52)36-16(6-55)82-51(43)89-42-22(12-61)81-50(35(73)29(42)67)88-41-21(11-60)80-49(34(72)28(41)66)87-40-20(10-59)79-48(33(71)27(40)65)86-39-19(9-58)78-47(32(70)26(39)64)85-38-18(8-57)77-46(31(69)25(38)63)84-37-17(7-56)76-45(83-36)30(68)24(37)62/h4-5,16-43,45-51,55-73H,6-12H2,1-3H3/t16-,17-,18-,19-,20-,21-,22-,23-,24-,25-,26-,27-,28-,29-,30-,31-,32-,33-,34-,35-,36-,37-,38-,39-,40-,41-,42-,43+,45-,46-,47-,48-,49-,50-,51-/m1/s1. The van der Waals surface area contributed by atoms with Crippen LogP contribution in [-0.4, -0.2) is 367 Å². The number of azide groups is 1. The third-order valence-corrected chi connectivity index (χ3v) is 18.7. The van der Waals surface area contributed by atoms with Crippen molar-refractivity contribution in [3.05, 3.63) is 39.3 Å². The summed E-state index contributed by atoms with van der Waals surface area (Å²) in [4.78, 5) is 2.40. The van der Waals surface area contributed by atoms with Crippen LogP contribution >= 0.6 is 0 Å². The maximum Gasteiger partial charge on any atom is 0.297 e. The molecule has 1 aromatic rings. The number of aliphatic hydroxyl groups excluding tert-OH is 19. The summed E-state index contributed by atoms with van der Waals surface area (Å²) in [7, 11) is -5.13. The van der Waals surface area contributed by atoms with E-state index in [-0.39, 0.29) is 11.1 Å². The van der Waals surface area contributed by atoms with E-state index in [1.165, 1.54) is 26.0 Å². The van der Waals surface area contributed by atoms with Gasteiger partial charge < -0.3 is 163 Å². The molecule has 1 aromatic carbocycles. The Balaban J connectivity index is 1.07. The highest BCUT2D eigenvalue weighted by atomic mass is 32.2. The van der Waals surface area contributed by atoms with Crippen LogP contribution in [0.5, 0.6) is 0 Å². The SMILES string of the molecule is Cc1cc(C)c(S(=O)(=O)O[C@@H]2[C@H]3O[C@H]4[C@H](O)[C@@H](O)[C@@H](O[C@H]5[C@H](O)[C@@H](O)[C@@H](O[C@H]6[C@H](O)[C@@H](O)[C@@H](O[C@H]7[C@H](O)[C@@H](O)[C@@H](O[C@H]8[C@H](O)[C@@H](O)[C@@H](O[C@H]9[C@H](O)[C@@H](O)[C@@H](O[C@@H]([C@H]2N=[N+]=[N-])[C@@H](CO)O3)O[C@@H]9CO)O[C@@H]8CO)O[C@@H]7CO)O[C@@H]6CO)O[C@@H]5CO)O[C@@H]4CO)c(C)c1. The normalized spacial score (nSPS) is 48.7. The zero-order chi connectivity index (χ0) is 66.4. The molecule has 15 aliphatic rings. The van der Waals surface area contributed by atoms with Crippen molar-refractivity contribution < 1.29 is 176 Å². The summed E-state index contributed by atoms with van der Waals surface area (Å²) < 4.78 is 117. The van der Waals surface area contributed by atoms with Gasteiger partial charge in [0.15, 0.2) is 44.0 Å². The molecule has 15 fully saturated rings. The molecule has 0 amide bonds. The first-order valence-electron chi connectivity index (χ1n) is 28.9. The Morgan fingerprint density at radius 2 is 0.593 bits per heavy atom. The van der Waals surface area contributed by atoms with Crippen LogP contribution in [0.1, 0.15) is 16.7 Å². The fourth-order valence-corrected chi connectivity index (χ4v) is 14.0. The minimum atomic E-state index is -5.13. The highest BCUT2D eigenvalue weighted by molar-refractivity contribution is 7.86. The van der Waals surface area contributed by atoms with E-state index in [9.17, 15) is 111 Å². The zero-order valence-electron chi connectivity index (χ0n) is 48.5. The number of fused-ring (bicyclic) bond motifs is 7. The Kier molecular flexibility index (Phi) is 24.1. The van der Waals surface area contributed by atoms with E-state index < -0.39 is 276 Å². The third-order valence-electron chi connectivity index (χ3n) is 17.0. The molecule has 35 atom stereocenters. The second-order valence-electron chi connectivity index (χ2n) is 23.1. The molecular formula is C51H79N3O36S. The van der Waals surface area contributed by atoms with Crippen molar-refractivity contribution in [2.75, 3.05) is 46.2 Å². The van der Waals surface area contributed by atoms with Crippen LogP contribution in [0.15, 0.2) is 22.1 Å². The van der Waals surface area contributed by atoms with Gasteiger partial charge in [-0.15, -0.1) is 0 Å². The number of ether oxygens (including phenoxy) is 14. The molecular weight excluding hydrogens is 1260 g/mol. The van der Waals surface area contributed by atoms with Gasteiger partial charge in [0.2, 0.25) is 0 Å². The molecule has 0 aliphatic carbocycles. The number of benzene rings is 1. The fourth-order valence-electron chi connectivity index (χ4n) is 12.5. The summed E-state index contributed by atoms with van der Waals surface area (Å²) in [6.45, 7) is -3.32. The van der Waals surface area contributed by atoms with Crippen LogP contribution in [0.3, 0.4) is 0 Å².